The van der Waals surface area contributed by atoms with E-state index in [1.807, 2.05) is 18.3 Å². The fourth-order valence-electron chi connectivity index (χ4n) is 6.89. The van der Waals surface area contributed by atoms with E-state index in [4.69, 9.17) is 0 Å². The number of amides is 1. The Morgan fingerprint density at radius 3 is 2.46 bits per heavy atom. The summed E-state index contributed by atoms with van der Waals surface area (Å²) in [4.78, 5) is 20.7. The minimum atomic E-state index is 0. The molecule has 1 saturated heterocycles. The van der Waals surface area contributed by atoms with Crippen LogP contribution in [0.1, 0.15) is 57.1 Å². The molecular weight excluding hydrogens is 370 g/mol. The van der Waals surface area contributed by atoms with E-state index in [0.29, 0.717) is 30.3 Å². The molecule has 4 bridgehead atoms. The standard InChI is InChI=1S/C23H33N3O.ClH/c27-23(22-18-11-16-10-17(13-18)14-19(22)12-16)26(15-20-4-1-2-8-25-20)21-5-3-7-24-9-6-21;/h1-2,4,8,16-19,21-22,24H,3,5-7,9-15H2;1H. The molecule has 4 aliphatic carbocycles. The van der Waals surface area contributed by atoms with Gasteiger partial charge in [0.2, 0.25) is 5.91 Å². The van der Waals surface area contributed by atoms with E-state index < -0.39 is 0 Å². The first-order valence-corrected chi connectivity index (χ1v) is 11.2. The maximum absolute atomic E-state index is 13.9. The van der Waals surface area contributed by atoms with Gasteiger partial charge in [0, 0.05) is 18.2 Å². The molecule has 1 aromatic rings. The number of carbonyl (C=O) groups is 1. The van der Waals surface area contributed by atoms with Crippen molar-refractivity contribution in [3.05, 3.63) is 30.1 Å². The summed E-state index contributed by atoms with van der Waals surface area (Å²) in [6.45, 7) is 2.80. The minimum Gasteiger partial charge on any atom is -0.334 e. The highest BCUT2D eigenvalue weighted by Gasteiger charge is 2.52. The molecule has 1 amide bonds. The molecule has 1 N–H and O–H groups in total. The van der Waals surface area contributed by atoms with Gasteiger partial charge in [-0.15, -0.1) is 12.4 Å². The number of carbonyl (C=O) groups excluding carboxylic acids is 1. The molecule has 5 heteroatoms. The van der Waals surface area contributed by atoms with Crippen LogP contribution in [0.4, 0.5) is 0 Å². The number of nitrogens with one attached hydrogen (secondary N) is 1. The van der Waals surface area contributed by atoms with Gasteiger partial charge in [-0.05, 0) is 100 Å². The number of hydrogen-bond acceptors (Lipinski definition) is 3. The molecule has 2 heterocycles. The lowest BCUT2D eigenvalue weighted by Gasteiger charge is -2.54. The largest absolute Gasteiger partial charge is 0.334 e. The van der Waals surface area contributed by atoms with Gasteiger partial charge < -0.3 is 10.2 Å². The van der Waals surface area contributed by atoms with Gasteiger partial charge in [0.25, 0.3) is 0 Å². The first kappa shape index (κ1) is 20.2. The summed E-state index contributed by atoms with van der Waals surface area (Å²) in [7, 11) is 0. The van der Waals surface area contributed by atoms with Crippen LogP contribution in [0, 0.1) is 29.6 Å². The molecule has 1 atom stereocenters. The van der Waals surface area contributed by atoms with Crippen LogP contribution in [-0.4, -0.2) is 34.9 Å². The van der Waals surface area contributed by atoms with Crippen molar-refractivity contribution in [1.29, 1.82) is 0 Å². The highest BCUT2D eigenvalue weighted by atomic mass is 35.5. The van der Waals surface area contributed by atoms with E-state index in [1.54, 1.807) is 0 Å². The summed E-state index contributed by atoms with van der Waals surface area (Å²) in [6, 6.07) is 6.45. The van der Waals surface area contributed by atoms with Gasteiger partial charge in [-0.25, -0.2) is 0 Å². The molecule has 1 unspecified atom stereocenters. The first-order valence-electron chi connectivity index (χ1n) is 11.2. The third-order valence-electron chi connectivity index (χ3n) is 7.84. The van der Waals surface area contributed by atoms with Crippen LogP contribution in [0.2, 0.25) is 0 Å². The quantitative estimate of drug-likeness (QED) is 0.824. The molecule has 4 nitrogen and oxygen atoms in total. The molecule has 0 aromatic carbocycles. The highest BCUT2D eigenvalue weighted by Crippen LogP contribution is 2.57. The molecule has 5 fully saturated rings. The monoisotopic (exact) mass is 403 g/mol. The topological polar surface area (TPSA) is 45.2 Å². The smallest absolute Gasteiger partial charge is 0.226 e. The molecule has 154 valence electrons. The zero-order valence-corrected chi connectivity index (χ0v) is 17.6. The Labute approximate surface area is 175 Å². The fourth-order valence-corrected chi connectivity index (χ4v) is 6.89. The van der Waals surface area contributed by atoms with Crippen LogP contribution >= 0.6 is 12.4 Å². The molecule has 28 heavy (non-hydrogen) atoms. The van der Waals surface area contributed by atoms with E-state index in [-0.39, 0.29) is 18.3 Å². The van der Waals surface area contributed by atoms with Crippen LogP contribution in [0.3, 0.4) is 0 Å². The number of pyridine rings is 1. The summed E-state index contributed by atoms with van der Waals surface area (Å²) in [5.74, 6) is 3.90. The maximum atomic E-state index is 13.9. The maximum Gasteiger partial charge on any atom is 0.226 e. The lowest BCUT2D eigenvalue weighted by Crippen LogP contribution is -2.53. The third kappa shape index (κ3) is 3.95. The molecule has 1 aliphatic heterocycles. The summed E-state index contributed by atoms with van der Waals surface area (Å²) in [5.41, 5.74) is 1.03. The average Bonchev–Trinajstić information content (AvgIpc) is 2.95. The number of aromatic nitrogens is 1. The van der Waals surface area contributed by atoms with E-state index in [9.17, 15) is 4.79 Å². The van der Waals surface area contributed by atoms with Crippen molar-refractivity contribution in [3.63, 3.8) is 0 Å². The molecule has 6 rings (SSSR count). The number of rotatable bonds is 4. The summed E-state index contributed by atoms with van der Waals surface area (Å²) in [6.07, 6.45) is 11.9. The molecule has 1 aromatic heterocycles. The van der Waals surface area contributed by atoms with Gasteiger partial charge in [-0.3, -0.25) is 9.78 Å². The Morgan fingerprint density at radius 1 is 1.04 bits per heavy atom. The normalized spacial score (nSPS) is 36.4. The second-order valence-corrected chi connectivity index (χ2v) is 9.58. The van der Waals surface area contributed by atoms with Crippen LogP contribution in [0.25, 0.3) is 0 Å². The molecule has 5 aliphatic rings. The lowest BCUT2D eigenvalue weighted by atomic mass is 9.51. The van der Waals surface area contributed by atoms with Crippen LogP contribution in [0.5, 0.6) is 0 Å². The van der Waals surface area contributed by atoms with Crippen molar-refractivity contribution < 1.29 is 4.79 Å². The summed E-state index contributed by atoms with van der Waals surface area (Å²) < 4.78 is 0. The van der Waals surface area contributed by atoms with E-state index in [0.717, 1.165) is 43.5 Å². The van der Waals surface area contributed by atoms with Crippen LogP contribution in [0.15, 0.2) is 24.4 Å². The zero-order chi connectivity index (χ0) is 18.2. The first-order chi connectivity index (χ1) is 13.3. The number of nitrogens with zero attached hydrogens (tertiary/aromatic N) is 2. The van der Waals surface area contributed by atoms with E-state index in [2.05, 4.69) is 21.3 Å². The Balaban J connectivity index is 0.00000192. The average molecular weight is 404 g/mol. The minimum absolute atomic E-state index is 0. The van der Waals surface area contributed by atoms with Gasteiger partial charge in [0.1, 0.15) is 0 Å². The third-order valence-corrected chi connectivity index (χ3v) is 7.84. The Hall–Kier alpha value is -1.13. The van der Waals surface area contributed by atoms with E-state index >= 15 is 0 Å². The Morgan fingerprint density at radius 2 is 1.79 bits per heavy atom. The van der Waals surface area contributed by atoms with Crippen molar-refractivity contribution in [1.82, 2.24) is 15.2 Å². The zero-order valence-electron chi connectivity index (χ0n) is 16.8. The van der Waals surface area contributed by atoms with Crippen molar-refractivity contribution >= 4 is 18.3 Å². The predicted molar refractivity (Wildman–Crippen MR) is 113 cm³/mol. The number of halogens is 1. The summed E-state index contributed by atoms with van der Waals surface area (Å²) >= 11 is 0. The highest BCUT2D eigenvalue weighted by molar-refractivity contribution is 5.85. The van der Waals surface area contributed by atoms with Gasteiger partial charge >= 0.3 is 0 Å². The van der Waals surface area contributed by atoms with E-state index in [1.165, 1.54) is 38.5 Å². The molecule has 4 saturated carbocycles. The molecular formula is C23H34ClN3O. The Kier molecular flexibility index (Phi) is 6.27. The SMILES string of the molecule is Cl.O=C(C1C2CC3CC(C2)CC1C3)N(Cc1ccccn1)C1CCCNCC1. The van der Waals surface area contributed by atoms with Gasteiger partial charge in [0.05, 0.1) is 12.2 Å². The van der Waals surface area contributed by atoms with Gasteiger partial charge in [-0.1, -0.05) is 6.07 Å². The van der Waals surface area contributed by atoms with Crippen molar-refractivity contribution in [2.45, 2.75) is 64.0 Å². The van der Waals surface area contributed by atoms with Crippen molar-refractivity contribution in [2.24, 2.45) is 29.6 Å². The van der Waals surface area contributed by atoms with Crippen molar-refractivity contribution in [3.8, 4) is 0 Å². The Bertz CT molecular complexity index is 631. The van der Waals surface area contributed by atoms with Gasteiger partial charge in [-0.2, -0.15) is 0 Å². The second-order valence-electron chi connectivity index (χ2n) is 9.58. The fraction of sp³-hybridized carbons (Fsp3) is 0.739. The molecule has 0 radical (unpaired) electrons. The lowest BCUT2D eigenvalue weighted by molar-refractivity contribution is -0.152. The molecule has 0 spiro atoms. The van der Waals surface area contributed by atoms with Gasteiger partial charge in [0.15, 0.2) is 0 Å². The van der Waals surface area contributed by atoms with Crippen molar-refractivity contribution in [2.75, 3.05) is 13.1 Å². The summed E-state index contributed by atoms with van der Waals surface area (Å²) in [5, 5.41) is 3.51. The predicted octanol–water partition coefficient (Wildman–Crippen LogP) is 4.05. The van der Waals surface area contributed by atoms with Crippen LogP contribution < -0.4 is 5.32 Å². The second kappa shape index (κ2) is 8.71. The number of hydrogen-bond donors (Lipinski definition) is 1. The van der Waals surface area contributed by atoms with Crippen LogP contribution in [-0.2, 0) is 11.3 Å².